The number of hydrogen-bond donors (Lipinski definition) is 2. The summed E-state index contributed by atoms with van der Waals surface area (Å²) in [7, 11) is 1.40. The maximum Gasteiger partial charge on any atom is 0.306 e. The van der Waals surface area contributed by atoms with E-state index in [0.717, 1.165) is 13.0 Å². The zero-order chi connectivity index (χ0) is 10.4. The van der Waals surface area contributed by atoms with Crippen LogP contribution in [-0.2, 0) is 9.53 Å². The zero-order valence-corrected chi connectivity index (χ0v) is 8.71. The van der Waals surface area contributed by atoms with E-state index in [1.54, 1.807) is 0 Å². The third-order valence-electron chi connectivity index (χ3n) is 2.83. The summed E-state index contributed by atoms with van der Waals surface area (Å²) < 4.78 is 4.53. The lowest BCUT2D eigenvalue weighted by Gasteiger charge is -2.13. The number of ether oxygens (including phenoxy) is 1. The van der Waals surface area contributed by atoms with Gasteiger partial charge in [0, 0.05) is 19.7 Å². The lowest BCUT2D eigenvalue weighted by atomic mass is 10.0. The minimum Gasteiger partial charge on any atom is -0.469 e. The highest BCUT2D eigenvalue weighted by Crippen LogP contribution is 2.47. The third kappa shape index (κ3) is 3.64. The number of hydrogen-bond acceptors (Lipinski definition) is 4. The van der Waals surface area contributed by atoms with Gasteiger partial charge in [0.15, 0.2) is 0 Å². The van der Waals surface area contributed by atoms with Crippen molar-refractivity contribution in [2.45, 2.75) is 25.7 Å². The van der Waals surface area contributed by atoms with Gasteiger partial charge in [0.05, 0.1) is 13.5 Å². The molecule has 0 aliphatic heterocycles. The summed E-state index contributed by atoms with van der Waals surface area (Å²) in [6, 6.07) is 0. The molecule has 1 rings (SSSR count). The summed E-state index contributed by atoms with van der Waals surface area (Å²) >= 11 is 0. The summed E-state index contributed by atoms with van der Waals surface area (Å²) in [5.74, 6) is -0.176. The Bertz CT molecular complexity index is 190. The van der Waals surface area contributed by atoms with Gasteiger partial charge >= 0.3 is 5.97 Å². The molecule has 14 heavy (non-hydrogen) atoms. The number of esters is 1. The summed E-state index contributed by atoms with van der Waals surface area (Å²) in [5.41, 5.74) is 0.324. The molecule has 1 saturated carbocycles. The molecule has 0 aromatic rings. The summed E-state index contributed by atoms with van der Waals surface area (Å²) in [6.07, 6.45) is 3.68. The predicted molar refractivity (Wildman–Crippen MR) is 52.9 cm³/mol. The van der Waals surface area contributed by atoms with Crippen molar-refractivity contribution in [2.24, 2.45) is 5.41 Å². The molecule has 0 saturated heterocycles. The van der Waals surface area contributed by atoms with Crippen molar-refractivity contribution in [1.29, 1.82) is 0 Å². The molecule has 0 amide bonds. The number of carbonyl (C=O) groups excluding carboxylic acids is 1. The fourth-order valence-corrected chi connectivity index (χ4v) is 1.58. The van der Waals surface area contributed by atoms with Crippen LogP contribution in [0.15, 0.2) is 0 Å². The highest BCUT2D eigenvalue weighted by molar-refractivity contribution is 5.69. The summed E-state index contributed by atoms with van der Waals surface area (Å²) in [4.78, 5) is 10.8. The smallest absolute Gasteiger partial charge is 0.306 e. The van der Waals surface area contributed by atoms with Crippen LogP contribution >= 0.6 is 0 Å². The largest absolute Gasteiger partial charge is 0.469 e. The molecule has 4 nitrogen and oxygen atoms in total. The second-order valence-corrected chi connectivity index (χ2v) is 3.98. The molecular weight excluding hydrogens is 182 g/mol. The Hall–Kier alpha value is -0.610. The van der Waals surface area contributed by atoms with E-state index in [1.165, 1.54) is 20.0 Å². The molecule has 0 heterocycles. The molecule has 4 heteroatoms. The number of rotatable bonds is 7. The molecule has 0 unspecified atom stereocenters. The van der Waals surface area contributed by atoms with Crippen LogP contribution < -0.4 is 5.32 Å². The predicted octanol–water partition coefficient (Wildman–Crippen LogP) is 0.302. The molecule has 1 aliphatic rings. The van der Waals surface area contributed by atoms with Crippen molar-refractivity contribution in [3.8, 4) is 0 Å². The zero-order valence-electron chi connectivity index (χ0n) is 8.71. The fourth-order valence-electron chi connectivity index (χ4n) is 1.58. The Balaban J connectivity index is 2.01. The Morgan fingerprint density at radius 3 is 2.79 bits per heavy atom. The van der Waals surface area contributed by atoms with Gasteiger partial charge in [0.2, 0.25) is 0 Å². The standard InChI is InChI=1S/C10H19NO3/c1-14-9(13)2-6-11-8-10(3-4-10)5-7-12/h11-12H,2-8H2,1H3. The van der Waals surface area contributed by atoms with Gasteiger partial charge in [-0.05, 0) is 24.7 Å². The molecule has 0 aromatic heterocycles. The van der Waals surface area contributed by atoms with Gasteiger partial charge in [-0.15, -0.1) is 0 Å². The van der Waals surface area contributed by atoms with Crippen LogP contribution in [0.5, 0.6) is 0 Å². The van der Waals surface area contributed by atoms with E-state index >= 15 is 0 Å². The quantitative estimate of drug-likeness (QED) is 0.459. The van der Waals surface area contributed by atoms with Gasteiger partial charge in [-0.2, -0.15) is 0 Å². The van der Waals surface area contributed by atoms with Gasteiger partial charge in [-0.1, -0.05) is 0 Å². The van der Waals surface area contributed by atoms with Crippen LogP contribution in [0.3, 0.4) is 0 Å². The molecule has 0 bridgehead atoms. The molecule has 0 aromatic carbocycles. The second-order valence-electron chi connectivity index (χ2n) is 3.98. The lowest BCUT2D eigenvalue weighted by molar-refractivity contribution is -0.140. The maximum absolute atomic E-state index is 10.8. The SMILES string of the molecule is COC(=O)CCNCC1(CCO)CC1. The highest BCUT2D eigenvalue weighted by atomic mass is 16.5. The average Bonchev–Trinajstić information content (AvgIpc) is 2.93. The first-order valence-corrected chi connectivity index (χ1v) is 5.11. The average molecular weight is 201 g/mol. The molecule has 1 aliphatic carbocycles. The molecule has 0 radical (unpaired) electrons. The minimum atomic E-state index is -0.176. The first-order valence-electron chi connectivity index (χ1n) is 5.11. The summed E-state index contributed by atoms with van der Waals surface area (Å²) in [5, 5.41) is 12.0. The van der Waals surface area contributed by atoms with E-state index in [9.17, 15) is 4.79 Å². The molecule has 0 spiro atoms. The third-order valence-corrected chi connectivity index (χ3v) is 2.83. The van der Waals surface area contributed by atoms with Gasteiger partial charge in [0.1, 0.15) is 0 Å². The Morgan fingerprint density at radius 2 is 2.29 bits per heavy atom. The number of methoxy groups -OCH3 is 1. The van der Waals surface area contributed by atoms with E-state index in [4.69, 9.17) is 5.11 Å². The lowest BCUT2D eigenvalue weighted by Crippen LogP contribution is -2.27. The van der Waals surface area contributed by atoms with Crippen LogP contribution in [-0.4, -0.2) is 37.9 Å². The number of carbonyl (C=O) groups is 1. The molecule has 2 N–H and O–H groups in total. The topological polar surface area (TPSA) is 58.6 Å². The molecular formula is C10H19NO3. The van der Waals surface area contributed by atoms with Gasteiger partial charge < -0.3 is 15.2 Å². The first-order chi connectivity index (χ1) is 6.72. The fraction of sp³-hybridized carbons (Fsp3) is 0.900. The Morgan fingerprint density at radius 1 is 1.57 bits per heavy atom. The Kier molecular flexibility index (Phi) is 4.35. The van der Waals surface area contributed by atoms with E-state index in [-0.39, 0.29) is 12.6 Å². The van der Waals surface area contributed by atoms with E-state index in [2.05, 4.69) is 10.1 Å². The van der Waals surface area contributed by atoms with Gasteiger partial charge in [-0.25, -0.2) is 0 Å². The van der Waals surface area contributed by atoms with Crippen molar-refractivity contribution >= 4 is 5.97 Å². The van der Waals surface area contributed by atoms with E-state index in [1.807, 2.05) is 0 Å². The number of aliphatic hydroxyl groups is 1. The van der Waals surface area contributed by atoms with Crippen LogP contribution in [0, 0.1) is 5.41 Å². The van der Waals surface area contributed by atoms with E-state index < -0.39 is 0 Å². The summed E-state index contributed by atoms with van der Waals surface area (Å²) in [6.45, 7) is 1.84. The maximum atomic E-state index is 10.8. The van der Waals surface area contributed by atoms with Gasteiger partial charge in [-0.3, -0.25) is 4.79 Å². The molecule has 0 atom stereocenters. The number of aliphatic hydroxyl groups excluding tert-OH is 1. The van der Waals surface area contributed by atoms with Crippen molar-refractivity contribution in [2.75, 3.05) is 26.8 Å². The van der Waals surface area contributed by atoms with Crippen molar-refractivity contribution in [3.63, 3.8) is 0 Å². The first kappa shape index (κ1) is 11.5. The van der Waals surface area contributed by atoms with Crippen LogP contribution in [0.4, 0.5) is 0 Å². The van der Waals surface area contributed by atoms with E-state index in [0.29, 0.717) is 18.4 Å². The Labute approximate surface area is 84.6 Å². The highest BCUT2D eigenvalue weighted by Gasteiger charge is 2.41. The van der Waals surface area contributed by atoms with Crippen LogP contribution in [0.1, 0.15) is 25.7 Å². The molecule has 82 valence electrons. The minimum absolute atomic E-state index is 0.176. The van der Waals surface area contributed by atoms with Gasteiger partial charge in [0.25, 0.3) is 0 Å². The van der Waals surface area contributed by atoms with Crippen LogP contribution in [0.2, 0.25) is 0 Å². The molecule has 1 fully saturated rings. The number of nitrogens with one attached hydrogen (secondary N) is 1. The monoisotopic (exact) mass is 201 g/mol. The van der Waals surface area contributed by atoms with Crippen molar-refractivity contribution in [3.05, 3.63) is 0 Å². The van der Waals surface area contributed by atoms with Crippen molar-refractivity contribution in [1.82, 2.24) is 5.32 Å². The second kappa shape index (κ2) is 5.32. The van der Waals surface area contributed by atoms with Crippen LogP contribution in [0.25, 0.3) is 0 Å². The normalized spacial score (nSPS) is 17.9. The van der Waals surface area contributed by atoms with Crippen molar-refractivity contribution < 1.29 is 14.6 Å².